The number of nitrogens with zero attached hydrogens (tertiary/aromatic N) is 4. The second-order valence-electron chi connectivity index (χ2n) is 5.82. The van der Waals surface area contributed by atoms with Crippen molar-refractivity contribution in [1.82, 2.24) is 14.5 Å². The molecule has 0 bridgehead atoms. The second-order valence-corrected chi connectivity index (χ2v) is 6.81. The molecule has 1 aliphatic rings. The van der Waals surface area contributed by atoms with Crippen molar-refractivity contribution in [3.05, 3.63) is 62.4 Å². The Balaban J connectivity index is 1.75. The van der Waals surface area contributed by atoms with Crippen LogP contribution < -0.4 is 0 Å². The molecule has 9 heteroatoms. The Labute approximate surface area is 153 Å². The molecule has 1 aromatic heterocycles. The number of imide groups is 1. The van der Waals surface area contributed by atoms with Crippen molar-refractivity contribution in [2.75, 3.05) is 6.54 Å². The SMILES string of the molecule is Cc1ccc(/C=C2/SC(=O)N(CCn3c([N+](=O)[O-])cnc3C)C2=O)cc1. The lowest BCUT2D eigenvalue weighted by molar-refractivity contribution is -0.392. The zero-order valence-corrected chi connectivity index (χ0v) is 15.0. The van der Waals surface area contributed by atoms with Crippen LogP contribution in [0.5, 0.6) is 0 Å². The van der Waals surface area contributed by atoms with Gasteiger partial charge in [-0.25, -0.2) is 9.55 Å². The molecule has 1 aliphatic heterocycles. The van der Waals surface area contributed by atoms with Gasteiger partial charge in [-0.15, -0.1) is 0 Å². The molecule has 1 fully saturated rings. The predicted molar refractivity (Wildman–Crippen MR) is 97.5 cm³/mol. The smallest absolute Gasteiger partial charge is 0.342 e. The molecular formula is C17H16N4O4S. The minimum Gasteiger partial charge on any atom is -0.358 e. The first kappa shape index (κ1) is 17.9. The van der Waals surface area contributed by atoms with Crippen molar-refractivity contribution >= 4 is 34.8 Å². The van der Waals surface area contributed by atoms with Gasteiger partial charge in [-0.05, 0) is 35.2 Å². The summed E-state index contributed by atoms with van der Waals surface area (Å²) in [5, 5.41) is 10.6. The normalized spacial score (nSPS) is 15.9. The number of imidazole rings is 1. The first-order chi connectivity index (χ1) is 12.4. The summed E-state index contributed by atoms with van der Waals surface area (Å²) in [6, 6.07) is 7.61. The summed E-state index contributed by atoms with van der Waals surface area (Å²) >= 11 is 0.873. The summed E-state index contributed by atoms with van der Waals surface area (Å²) in [6.07, 6.45) is 2.84. The summed E-state index contributed by atoms with van der Waals surface area (Å²) in [6.45, 7) is 3.78. The number of aromatic nitrogens is 2. The molecule has 26 heavy (non-hydrogen) atoms. The van der Waals surface area contributed by atoms with Gasteiger partial charge in [0.25, 0.3) is 11.1 Å². The molecule has 0 saturated carbocycles. The van der Waals surface area contributed by atoms with Crippen LogP contribution in [-0.2, 0) is 11.3 Å². The molecule has 0 radical (unpaired) electrons. The Morgan fingerprint density at radius 1 is 1.19 bits per heavy atom. The van der Waals surface area contributed by atoms with Gasteiger partial charge < -0.3 is 10.1 Å². The third-order valence-electron chi connectivity index (χ3n) is 4.02. The number of nitro groups is 1. The summed E-state index contributed by atoms with van der Waals surface area (Å²) in [5.74, 6) is -0.0930. The monoisotopic (exact) mass is 372 g/mol. The number of aryl methyl sites for hydroxylation is 2. The summed E-state index contributed by atoms with van der Waals surface area (Å²) in [4.78, 5) is 40.5. The van der Waals surface area contributed by atoms with Crippen LogP contribution in [0.3, 0.4) is 0 Å². The first-order valence-corrected chi connectivity index (χ1v) is 8.67. The summed E-state index contributed by atoms with van der Waals surface area (Å²) in [7, 11) is 0. The Morgan fingerprint density at radius 3 is 2.54 bits per heavy atom. The fourth-order valence-electron chi connectivity index (χ4n) is 2.59. The topological polar surface area (TPSA) is 98.3 Å². The number of hydrogen-bond donors (Lipinski definition) is 0. The van der Waals surface area contributed by atoms with Gasteiger partial charge in [-0.3, -0.25) is 14.5 Å². The van der Waals surface area contributed by atoms with Crippen molar-refractivity contribution < 1.29 is 14.5 Å². The number of carbonyl (C=O) groups excluding carboxylic acids is 2. The maximum Gasteiger partial charge on any atom is 0.342 e. The van der Waals surface area contributed by atoms with E-state index in [0.717, 1.165) is 27.8 Å². The van der Waals surface area contributed by atoms with Crippen LogP contribution in [-0.4, -0.2) is 37.1 Å². The molecule has 1 aromatic carbocycles. The van der Waals surface area contributed by atoms with E-state index in [2.05, 4.69) is 4.98 Å². The van der Waals surface area contributed by atoms with Crippen LogP contribution in [0.2, 0.25) is 0 Å². The molecule has 0 spiro atoms. The maximum atomic E-state index is 12.5. The fraction of sp³-hybridized carbons (Fsp3) is 0.235. The number of rotatable bonds is 5. The van der Waals surface area contributed by atoms with Gasteiger partial charge >= 0.3 is 5.82 Å². The summed E-state index contributed by atoms with van der Waals surface area (Å²) in [5.41, 5.74) is 1.94. The van der Waals surface area contributed by atoms with E-state index in [1.54, 1.807) is 13.0 Å². The third-order valence-corrected chi connectivity index (χ3v) is 4.92. The zero-order valence-electron chi connectivity index (χ0n) is 14.2. The molecule has 0 N–H and O–H groups in total. The lowest BCUT2D eigenvalue weighted by Gasteiger charge is -2.11. The second kappa shape index (κ2) is 7.12. The number of thioether (sulfide) groups is 1. The van der Waals surface area contributed by atoms with Crippen LogP contribution in [0.15, 0.2) is 35.4 Å². The first-order valence-electron chi connectivity index (χ1n) is 7.85. The molecule has 134 valence electrons. The number of benzene rings is 1. The van der Waals surface area contributed by atoms with Gasteiger partial charge in [0.15, 0.2) is 5.82 Å². The van der Waals surface area contributed by atoms with Crippen LogP contribution in [0.1, 0.15) is 17.0 Å². The van der Waals surface area contributed by atoms with Gasteiger partial charge in [-0.1, -0.05) is 29.8 Å². The Kier molecular flexibility index (Phi) is 4.90. The highest BCUT2D eigenvalue weighted by Gasteiger charge is 2.35. The van der Waals surface area contributed by atoms with Crippen molar-refractivity contribution in [3.8, 4) is 0 Å². The fourth-order valence-corrected chi connectivity index (χ4v) is 3.45. The molecule has 1 saturated heterocycles. The van der Waals surface area contributed by atoms with Gasteiger partial charge in [-0.2, -0.15) is 0 Å². The largest absolute Gasteiger partial charge is 0.358 e. The molecule has 3 rings (SSSR count). The van der Waals surface area contributed by atoms with E-state index in [0.29, 0.717) is 10.7 Å². The van der Waals surface area contributed by atoms with E-state index in [1.807, 2.05) is 31.2 Å². The number of amides is 2. The molecule has 2 amide bonds. The average Bonchev–Trinajstić information content (AvgIpc) is 3.08. The van der Waals surface area contributed by atoms with Crippen LogP contribution in [0, 0.1) is 24.0 Å². The molecule has 0 unspecified atom stereocenters. The Bertz CT molecular complexity index is 917. The number of carbonyl (C=O) groups is 2. The molecule has 2 heterocycles. The lowest BCUT2D eigenvalue weighted by Crippen LogP contribution is -2.31. The van der Waals surface area contributed by atoms with Crippen molar-refractivity contribution in [2.24, 2.45) is 0 Å². The Morgan fingerprint density at radius 2 is 1.88 bits per heavy atom. The van der Waals surface area contributed by atoms with Gasteiger partial charge in [0.1, 0.15) is 12.7 Å². The predicted octanol–water partition coefficient (Wildman–Crippen LogP) is 3.14. The molecule has 2 aromatic rings. The van der Waals surface area contributed by atoms with E-state index in [1.165, 1.54) is 10.8 Å². The van der Waals surface area contributed by atoms with Gasteiger partial charge in [0.2, 0.25) is 0 Å². The molecule has 8 nitrogen and oxygen atoms in total. The lowest BCUT2D eigenvalue weighted by atomic mass is 10.1. The minimum atomic E-state index is -0.537. The summed E-state index contributed by atoms with van der Waals surface area (Å²) < 4.78 is 1.38. The van der Waals surface area contributed by atoms with Gasteiger partial charge in [0.05, 0.1) is 11.4 Å². The maximum absolute atomic E-state index is 12.5. The van der Waals surface area contributed by atoms with Crippen LogP contribution >= 0.6 is 11.8 Å². The van der Waals surface area contributed by atoms with E-state index in [4.69, 9.17) is 0 Å². The highest BCUT2D eigenvalue weighted by molar-refractivity contribution is 8.18. The minimum absolute atomic E-state index is 0.0495. The van der Waals surface area contributed by atoms with E-state index >= 15 is 0 Å². The van der Waals surface area contributed by atoms with E-state index in [-0.39, 0.29) is 30.1 Å². The average molecular weight is 372 g/mol. The van der Waals surface area contributed by atoms with E-state index in [9.17, 15) is 19.7 Å². The number of hydrogen-bond acceptors (Lipinski definition) is 6. The highest BCUT2D eigenvalue weighted by atomic mass is 32.2. The van der Waals surface area contributed by atoms with Gasteiger partial charge in [0, 0.05) is 6.92 Å². The van der Waals surface area contributed by atoms with Crippen LogP contribution in [0.4, 0.5) is 10.6 Å². The zero-order chi connectivity index (χ0) is 18.8. The van der Waals surface area contributed by atoms with Crippen LogP contribution in [0.25, 0.3) is 6.08 Å². The van der Waals surface area contributed by atoms with Crippen molar-refractivity contribution in [1.29, 1.82) is 0 Å². The van der Waals surface area contributed by atoms with E-state index < -0.39 is 4.92 Å². The standard InChI is InChI=1S/C17H16N4O4S/c1-11-3-5-13(6-4-11)9-14-16(22)20(17(23)26-14)8-7-19-12(2)18-10-15(19)21(24)25/h3-6,9-10H,7-8H2,1-2H3/b14-9+. The molecular weight excluding hydrogens is 356 g/mol. The molecule has 0 atom stereocenters. The molecule has 0 aliphatic carbocycles. The Hall–Kier alpha value is -2.94. The van der Waals surface area contributed by atoms with Crippen molar-refractivity contribution in [3.63, 3.8) is 0 Å². The third kappa shape index (κ3) is 3.52. The quantitative estimate of drug-likeness (QED) is 0.454. The highest BCUT2D eigenvalue weighted by Crippen LogP contribution is 2.32. The van der Waals surface area contributed by atoms with Crippen molar-refractivity contribution in [2.45, 2.75) is 20.4 Å².